The largest absolute Gasteiger partial charge is 0.504 e. The van der Waals surface area contributed by atoms with Gasteiger partial charge in [0.05, 0.1) is 19.8 Å². The van der Waals surface area contributed by atoms with Crippen molar-refractivity contribution in [3.63, 3.8) is 0 Å². The highest BCUT2D eigenvalue weighted by atomic mass is 16.5. The Labute approximate surface area is 143 Å². The predicted molar refractivity (Wildman–Crippen MR) is 84.5 cm³/mol. The van der Waals surface area contributed by atoms with Crippen molar-refractivity contribution in [2.45, 2.75) is 12.2 Å². The maximum Gasteiger partial charge on any atom is 0.200 e. The zero-order chi connectivity index (χ0) is 18.3. The Kier molecular flexibility index (Phi) is 4.23. The fraction of sp³-hybridized carbons (Fsp3) is 0.235. The van der Waals surface area contributed by atoms with E-state index in [0.717, 1.165) is 12.1 Å². The van der Waals surface area contributed by atoms with Gasteiger partial charge in [0, 0.05) is 17.7 Å². The number of phenolic OH excluding ortho intramolecular Hbond substituents is 3. The van der Waals surface area contributed by atoms with Crippen LogP contribution < -0.4 is 14.2 Å². The molecule has 1 aliphatic heterocycles. The molecule has 0 saturated carbocycles. The molecule has 1 radical (unpaired) electrons. The fourth-order valence-corrected chi connectivity index (χ4v) is 2.72. The average Bonchev–Trinajstić information content (AvgIpc) is 2.61. The van der Waals surface area contributed by atoms with E-state index >= 15 is 0 Å². The second kappa shape index (κ2) is 6.23. The van der Waals surface area contributed by atoms with Crippen molar-refractivity contribution in [2.24, 2.45) is 0 Å². The first-order chi connectivity index (χ1) is 11.9. The third-order valence-electron chi connectivity index (χ3n) is 4.00. The lowest BCUT2D eigenvalue weighted by Crippen LogP contribution is -2.28. The fourth-order valence-electron chi connectivity index (χ4n) is 2.72. The van der Waals surface area contributed by atoms with Gasteiger partial charge in [0.1, 0.15) is 23.4 Å². The molecule has 8 nitrogen and oxygen atoms in total. The first kappa shape index (κ1) is 17.0. The minimum absolute atomic E-state index is 0.136. The van der Waals surface area contributed by atoms with Crippen molar-refractivity contribution < 1.29 is 39.7 Å². The second-order valence-corrected chi connectivity index (χ2v) is 5.47. The number of aliphatic hydroxyl groups excluding tert-OH is 2. The van der Waals surface area contributed by atoms with Gasteiger partial charge in [-0.25, -0.2) is 0 Å². The lowest BCUT2D eigenvalue weighted by atomic mass is 9.91. The first-order valence-electron chi connectivity index (χ1n) is 7.28. The van der Waals surface area contributed by atoms with Gasteiger partial charge in [-0.05, 0) is 12.1 Å². The smallest absolute Gasteiger partial charge is 0.200 e. The zero-order valence-electron chi connectivity index (χ0n) is 13.4. The molecule has 5 N–H and O–H groups in total. The summed E-state index contributed by atoms with van der Waals surface area (Å²) in [4.78, 5) is 0. The Morgan fingerprint density at radius 1 is 0.920 bits per heavy atom. The van der Waals surface area contributed by atoms with Gasteiger partial charge in [0.25, 0.3) is 0 Å². The number of fused-ring (bicyclic) bond motifs is 1. The molecule has 2 atom stereocenters. The van der Waals surface area contributed by atoms with E-state index in [1.807, 2.05) is 0 Å². The average molecular weight is 349 g/mol. The van der Waals surface area contributed by atoms with Crippen LogP contribution in [0.2, 0.25) is 0 Å². The minimum Gasteiger partial charge on any atom is -0.504 e. The van der Waals surface area contributed by atoms with E-state index in [-0.39, 0.29) is 22.6 Å². The molecule has 0 amide bonds. The van der Waals surface area contributed by atoms with Gasteiger partial charge in [-0.3, -0.25) is 0 Å². The molecule has 0 aliphatic carbocycles. The van der Waals surface area contributed by atoms with Gasteiger partial charge < -0.3 is 39.7 Å². The van der Waals surface area contributed by atoms with E-state index in [9.17, 15) is 25.5 Å². The first-order valence-corrected chi connectivity index (χ1v) is 7.28. The van der Waals surface area contributed by atoms with Crippen LogP contribution in [0.4, 0.5) is 0 Å². The van der Waals surface area contributed by atoms with Crippen LogP contribution in [0.1, 0.15) is 23.3 Å². The molecule has 1 aliphatic rings. The van der Waals surface area contributed by atoms with Crippen LogP contribution in [-0.2, 0) is 0 Å². The summed E-state index contributed by atoms with van der Waals surface area (Å²) < 4.78 is 16.1. The molecule has 133 valence electrons. The second-order valence-electron chi connectivity index (χ2n) is 5.47. The summed E-state index contributed by atoms with van der Waals surface area (Å²) in [6.45, 7) is 0. The summed E-state index contributed by atoms with van der Waals surface area (Å²) in [6, 6.07) is 5.29. The maximum absolute atomic E-state index is 10.5. The number of ether oxygens (including phenoxy) is 3. The monoisotopic (exact) mass is 349 g/mol. The number of rotatable bonds is 3. The van der Waals surface area contributed by atoms with Gasteiger partial charge in [0.2, 0.25) is 0 Å². The standard InChI is InChI=1S/C17H17O8/c1-23-8-5-11(24-2)13-12(6-8)25-17(16(22)15(13)21)7-3-9(18)14(20)10(19)4-7/h3-6,15,17-22H,1-2H3/t15?,17-/m0/s1. The van der Waals surface area contributed by atoms with E-state index in [1.54, 1.807) is 0 Å². The van der Waals surface area contributed by atoms with E-state index in [4.69, 9.17) is 14.2 Å². The van der Waals surface area contributed by atoms with Crippen LogP contribution in [-0.4, -0.2) is 39.8 Å². The summed E-state index contributed by atoms with van der Waals surface area (Å²) in [5, 5.41) is 49.6. The highest BCUT2D eigenvalue weighted by Gasteiger charge is 2.41. The van der Waals surface area contributed by atoms with Gasteiger partial charge in [-0.1, -0.05) is 0 Å². The highest BCUT2D eigenvalue weighted by molar-refractivity contribution is 5.57. The molecule has 2 aromatic carbocycles. The molecular weight excluding hydrogens is 332 g/mol. The molecule has 0 saturated heterocycles. The summed E-state index contributed by atoms with van der Waals surface area (Å²) >= 11 is 0. The topological polar surface area (TPSA) is 129 Å². The van der Waals surface area contributed by atoms with Crippen LogP contribution in [0.5, 0.6) is 34.5 Å². The molecule has 2 aromatic rings. The number of aliphatic hydroxyl groups is 2. The van der Waals surface area contributed by atoms with Crippen LogP contribution in [0, 0.1) is 6.10 Å². The van der Waals surface area contributed by atoms with Crippen LogP contribution in [0.3, 0.4) is 0 Å². The maximum atomic E-state index is 10.5. The minimum atomic E-state index is -1.42. The van der Waals surface area contributed by atoms with Crippen molar-refractivity contribution in [2.75, 3.05) is 14.2 Å². The van der Waals surface area contributed by atoms with Crippen LogP contribution >= 0.6 is 0 Å². The predicted octanol–water partition coefficient (Wildman–Crippen LogP) is 1.89. The van der Waals surface area contributed by atoms with E-state index in [1.165, 1.54) is 26.4 Å². The Balaban J connectivity index is 2.10. The van der Waals surface area contributed by atoms with E-state index in [2.05, 4.69) is 0 Å². The van der Waals surface area contributed by atoms with Gasteiger partial charge in [-0.15, -0.1) is 0 Å². The lowest BCUT2D eigenvalue weighted by Gasteiger charge is -2.34. The molecule has 0 spiro atoms. The molecule has 1 heterocycles. The Morgan fingerprint density at radius 2 is 1.56 bits per heavy atom. The Morgan fingerprint density at radius 3 is 2.12 bits per heavy atom. The van der Waals surface area contributed by atoms with Gasteiger partial charge in [0.15, 0.2) is 29.5 Å². The van der Waals surface area contributed by atoms with Gasteiger partial charge >= 0.3 is 0 Å². The number of phenols is 3. The van der Waals surface area contributed by atoms with Crippen molar-refractivity contribution in [3.8, 4) is 34.5 Å². The number of methoxy groups -OCH3 is 2. The Hall–Kier alpha value is -2.84. The quantitative estimate of drug-likeness (QED) is 0.531. The molecule has 8 heteroatoms. The van der Waals surface area contributed by atoms with E-state index in [0.29, 0.717) is 5.75 Å². The molecule has 25 heavy (non-hydrogen) atoms. The normalized spacial score (nSPS) is 19.8. The molecule has 0 fully saturated rings. The SMILES string of the molecule is COc1cc(OC)c2c(c1)O[C@@H](c1cc(O)c(O)c(O)c1)[C](O)C2O. The number of hydrogen-bond acceptors (Lipinski definition) is 8. The molecule has 1 unspecified atom stereocenters. The van der Waals surface area contributed by atoms with Crippen molar-refractivity contribution in [1.82, 2.24) is 0 Å². The lowest BCUT2D eigenvalue weighted by molar-refractivity contribution is 0.00391. The number of hydrogen-bond donors (Lipinski definition) is 5. The van der Waals surface area contributed by atoms with E-state index < -0.39 is 35.6 Å². The molecule has 0 bridgehead atoms. The van der Waals surface area contributed by atoms with Gasteiger partial charge in [-0.2, -0.15) is 0 Å². The third kappa shape index (κ3) is 2.75. The molecule has 0 aromatic heterocycles. The highest BCUT2D eigenvalue weighted by Crippen LogP contribution is 2.51. The molecular formula is C17H17O8. The van der Waals surface area contributed by atoms with Crippen LogP contribution in [0.25, 0.3) is 0 Å². The van der Waals surface area contributed by atoms with Crippen molar-refractivity contribution in [1.29, 1.82) is 0 Å². The van der Waals surface area contributed by atoms with Crippen molar-refractivity contribution in [3.05, 3.63) is 41.5 Å². The van der Waals surface area contributed by atoms with Crippen molar-refractivity contribution >= 4 is 0 Å². The summed E-state index contributed by atoms with van der Waals surface area (Å²) in [5.41, 5.74) is 0.362. The summed E-state index contributed by atoms with van der Waals surface area (Å²) in [7, 11) is 2.86. The third-order valence-corrected chi connectivity index (χ3v) is 4.00. The number of aromatic hydroxyl groups is 3. The summed E-state index contributed by atoms with van der Waals surface area (Å²) in [5.74, 6) is -0.977. The summed E-state index contributed by atoms with van der Waals surface area (Å²) in [6.07, 6.45) is -3.06. The number of benzene rings is 2. The van der Waals surface area contributed by atoms with Crippen LogP contribution in [0.15, 0.2) is 24.3 Å². The Bertz CT molecular complexity index is 780. The molecule has 3 rings (SSSR count). The zero-order valence-corrected chi connectivity index (χ0v) is 13.4.